The van der Waals surface area contributed by atoms with Crippen LogP contribution in [0.15, 0.2) is 9.39 Å². The van der Waals surface area contributed by atoms with E-state index in [1.807, 2.05) is 0 Å². The minimum Gasteiger partial charge on any atom is -0.403 e. The van der Waals surface area contributed by atoms with Gasteiger partial charge >= 0.3 is 0 Å². The highest BCUT2D eigenvalue weighted by molar-refractivity contribution is 8.82. The van der Waals surface area contributed by atoms with Crippen molar-refractivity contribution in [3.63, 3.8) is 0 Å². The third-order valence-electron chi connectivity index (χ3n) is 1.03. The van der Waals surface area contributed by atoms with Gasteiger partial charge in [-0.2, -0.15) is 4.40 Å². The van der Waals surface area contributed by atoms with Crippen LogP contribution in [0.25, 0.3) is 0 Å². The molecule has 0 aromatic heterocycles. The molecule has 1 unspecified atom stereocenters. The maximum Gasteiger partial charge on any atom is 0.220 e. The van der Waals surface area contributed by atoms with Gasteiger partial charge in [-0.3, -0.25) is 0 Å². The minimum absolute atomic E-state index is 0.289. The molecule has 2 aliphatic heterocycles. The second kappa shape index (κ2) is 2.97. The molecule has 0 aromatic rings. The molecule has 0 bridgehead atoms. The summed E-state index contributed by atoms with van der Waals surface area (Å²) < 4.78 is 9.17. The number of alkyl halides is 1. The van der Waals surface area contributed by atoms with Gasteiger partial charge in [0.15, 0.2) is 10.2 Å². The molecule has 2 rings (SSSR count). The van der Waals surface area contributed by atoms with Crippen LogP contribution in [0.4, 0.5) is 0 Å². The standard InChI is InChI=1S/C4H2Cl2N2OS2/c5-1-2-7-4-3(6)8-10-11(4)9-2/h1H2. The fourth-order valence-electron chi connectivity index (χ4n) is 0.619. The summed E-state index contributed by atoms with van der Waals surface area (Å²) in [5.41, 5.74) is 0. The van der Waals surface area contributed by atoms with Crippen LogP contribution >= 0.6 is 44.0 Å². The molecule has 0 saturated carbocycles. The molecule has 2 heterocycles. The lowest BCUT2D eigenvalue weighted by molar-refractivity contribution is 0.656. The van der Waals surface area contributed by atoms with Crippen molar-refractivity contribution in [3.05, 3.63) is 0 Å². The Morgan fingerprint density at radius 2 is 2.45 bits per heavy atom. The molecule has 3 nitrogen and oxygen atoms in total. The number of halogens is 2. The number of hydrogen-bond acceptors (Lipinski definition) is 4. The van der Waals surface area contributed by atoms with Crippen molar-refractivity contribution in [2.75, 3.05) is 5.88 Å². The highest BCUT2D eigenvalue weighted by atomic mass is 35.5. The molecule has 0 radical (unpaired) electrons. The van der Waals surface area contributed by atoms with Gasteiger partial charge in [-0.15, -0.1) is 11.6 Å². The molecule has 0 saturated heterocycles. The Hall–Kier alpha value is 0.290. The van der Waals surface area contributed by atoms with E-state index >= 15 is 0 Å². The zero-order valence-corrected chi connectivity index (χ0v) is 8.23. The summed E-state index contributed by atoms with van der Waals surface area (Å²) in [6.45, 7) is 0. The Bertz CT molecular complexity index is 298. The van der Waals surface area contributed by atoms with Crippen LogP contribution in [0.1, 0.15) is 0 Å². The molecule has 0 spiro atoms. The van der Waals surface area contributed by atoms with Crippen LogP contribution in [0, 0.1) is 0 Å². The monoisotopic (exact) mass is 228 g/mol. The van der Waals surface area contributed by atoms with Gasteiger partial charge in [0, 0.05) is 0 Å². The van der Waals surface area contributed by atoms with E-state index in [-0.39, 0.29) is 5.88 Å². The lowest BCUT2D eigenvalue weighted by atomic mass is 10.7. The largest absolute Gasteiger partial charge is 0.403 e. The molecule has 0 fully saturated rings. The normalized spacial score (nSPS) is 27.8. The first kappa shape index (κ1) is 7.91. The smallest absolute Gasteiger partial charge is 0.220 e. The molecule has 0 aliphatic carbocycles. The number of nitrogens with zero attached hydrogens (tertiary/aromatic N) is 2. The highest BCUT2D eigenvalue weighted by Gasteiger charge is 2.26. The van der Waals surface area contributed by atoms with Crippen LogP contribution < -0.4 is 0 Å². The zero-order valence-electron chi connectivity index (χ0n) is 5.08. The Morgan fingerprint density at radius 1 is 1.64 bits per heavy atom. The Morgan fingerprint density at radius 3 is 3.09 bits per heavy atom. The zero-order chi connectivity index (χ0) is 7.84. The van der Waals surface area contributed by atoms with Crippen LogP contribution in [0.5, 0.6) is 0 Å². The van der Waals surface area contributed by atoms with Gasteiger partial charge in [0.1, 0.15) is 9.80 Å². The topological polar surface area (TPSA) is 34.0 Å². The van der Waals surface area contributed by atoms with Crippen LogP contribution in [-0.2, 0) is 4.18 Å². The second-order valence-corrected chi connectivity index (χ2v) is 5.05. The Kier molecular flexibility index (Phi) is 2.14. The van der Waals surface area contributed by atoms with E-state index in [4.69, 9.17) is 27.4 Å². The van der Waals surface area contributed by atoms with Gasteiger partial charge in [0.05, 0.1) is 16.9 Å². The quantitative estimate of drug-likeness (QED) is 0.299. The average Bonchev–Trinajstić information content (AvgIpc) is 2.53. The second-order valence-electron chi connectivity index (χ2n) is 1.72. The SMILES string of the molecule is ClCC1=NC2=S(O1)SN=C2Cl. The summed E-state index contributed by atoms with van der Waals surface area (Å²) in [5.74, 6) is 0.822. The van der Waals surface area contributed by atoms with Gasteiger partial charge in [0.25, 0.3) is 0 Å². The van der Waals surface area contributed by atoms with Gasteiger partial charge in [0.2, 0.25) is 5.90 Å². The number of aliphatic imine (C=N–C) groups is 1. The van der Waals surface area contributed by atoms with Crippen molar-refractivity contribution < 1.29 is 4.18 Å². The van der Waals surface area contributed by atoms with Gasteiger partial charge < -0.3 is 4.18 Å². The van der Waals surface area contributed by atoms with E-state index in [2.05, 4.69) is 9.39 Å². The molecule has 7 heteroatoms. The number of rotatable bonds is 1. The van der Waals surface area contributed by atoms with Gasteiger partial charge in [-0.05, 0) is 0 Å². The predicted octanol–water partition coefficient (Wildman–Crippen LogP) is 2.18. The van der Waals surface area contributed by atoms with Crippen molar-refractivity contribution >= 4 is 60.0 Å². The summed E-state index contributed by atoms with van der Waals surface area (Å²) in [4.78, 5) is 4.77. The average molecular weight is 229 g/mol. The summed E-state index contributed by atoms with van der Waals surface area (Å²) in [5, 5.41) is 0.429. The van der Waals surface area contributed by atoms with Crippen molar-refractivity contribution in [2.24, 2.45) is 9.39 Å². The maximum atomic E-state index is 5.70. The van der Waals surface area contributed by atoms with Gasteiger partial charge in [-0.1, -0.05) is 11.6 Å². The Balaban J connectivity index is 2.27. The van der Waals surface area contributed by atoms with Crippen molar-refractivity contribution in [2.45, 2.75) is 0 Å². The summed E-state index contributed by atoms with van der Waals surface area (Å²) >= 11 is 11.2. The lowest BCUT2D eigenvalue weighted by Crippen LogP contribution is -2.01. The predicted molar refractivity (Wildman–Crippen MR) is 52.7 cm³/mol. The fourth-order valence-corrected chi connectivity index (χ4v) is 3.82. The van der Waals surface area contributed by atoms with E-state index in [0.717, 1.165) is 0 Å². The van der Waals surface area contributed by atoms with E-state index in [9.17, 15) is 0 Å². The Labute approximate surface area is 79.5 Å². The van der Waals surface area contributed by atoms with E-state index in [1.165, 1.54) is 11.0 Å². The van der Waals surface area contributed by atoms with E-state index < -0.39 is 9.80 Å². The third kappa shape index (κ3) is 1.30. The van der Waals surface area contributed by atoms with Gasteiger partial charge in [-0.25, -0.2) is 4.99 Å². The fraction of sp³-hybridized carbons (Fsp3) is 0.250. The van der Waals surface area contributed by atoms with E-state index in [1.54, 1.807) is 0 Å². The van der Waals surface area contributed by atoms with Crippen molar-refractivity contribution in [1.82, 2.24) is 0 Å². The first-order valence-corrected chi connectivity index (χ1v) is 6.01. The molecular formula is C4H2Cl2N2OS2. The lowest BCUT2D eigenvalue weighted by Gasteiger charge is -1.96. The maximum absolute atomic E-state index is 5.70. The molecule has 1 atom stereocenters. The summed E-state index contributed by atoms with van der Waals surface area (Å²) in [6.07, 6.45) is 0. The summed E-state index contributed by atoms with van der Waals surface area (Å²) in [7, 11) is 0.873. The first-order chi connectivity index (χ1) is 5.31. The van der Waals surface area contributed by atoms with Crippen LogP contribution in [-0.4, -0.2) is 21.9 Å². The third-order valence-corrected chi connectivity index (χ3v) is 4.38. The molecule has 2 aliphatic rings. The van der Waals surface area contributed by atoms with E-state index in [0.29, 0.717) is 16.1 Å². The molecule has 60 valence electrons. The van der Waals surface area contributed by atoms with Crippen molar-refractivity contribution in [3.8, 4) is 0 Å². The molecule has 11 heavy (non-hydrogen) atoms. The molecular weight excluding hydrogens is 227 g/mol. The summed E-state index contributed by atoms with van der Waals surface area (Å²) in [6, 6.07) is 0. The van der Waals surface area contributed by atoms with Crippen LogP contribution in [0.3, 0.4) is 0 Å². The molecule has 0 N–H and O–H groups in total. The highest BCUT2D eigenvalue weighted by Crippen LogP contribution is 2.44. The van der Waals surface area contributed by atoms with Crippen molar-refractivity contribution in [1.29, 1.82) is 0 Å². The number of hydrogen-bond donors (Lipinski definition) is 0. The van der Waals surface area contributed by atoms with Crippen LogP contribution in [0.2, 0.25) is 0 Å². The first-order valence-electron chi connectivity index (χ1n) is 2.65. The molecule has 0 aromatic carbocycles. The molecule has 0 amide bonds. The minimum atomic E-state index is -0.418.